The Morgan fingerprint density at radius 2 is 1.88 bits per heavy atom. The molecule has 174 valence electrons. The van der Waals surface area contributed by atoms with Gasteiger partial charge in [0.05, 0.1) is 29.5 Å². The molecule has 1 heterocycles. The fraction of sp³-hybridized carbons (Fsp3) is 0.310. The zero-order valence-corrected chi connectivity index (χ0v) is 20.0. The molecule has 2 aromatic rings. The third-order valence-electron chi connectivity index (χ3n) is 6.16. The van der Waals surface area contributed by atoms with E-state index in [1.807, 2.05) is 74.5 Å². The summed E-state index contributed by atoms with van der Waals surface area (Å²) in [5, 5.41) is 13.0. The Balaban J connectivity index is 1.49. The number of hydrogen-bond donors (Lipinski definition) is 1. The van der Waals surface area contributed by atoms with Gasteiger partial charge in [-0.05, 0) is 62.6 Å². The van der Waals surface area contributed by atoms with Gasteiger partial charge in [0.1, 0.15) is 5.76 Å². The maximum Gasteiger partial charge on any atom is 0.224 e. The third-order valence-corrected chi connectivity index (χ3v) is 6.16. The second-order valence-electron chi connectivity index (χ2n) is 8.88. The first-order valence-corrected chi connectivity index (χ1v) is 11.9. The van der Waals surface area contributed by atoms with Crippen LogP contribution >= 0.6 is 0 Å². The summed E-state index contributed by atoms with van der Waals surface area (Å²) in [6.07, 6.45) is 7.42. The van der Waals surface area contributed by atoms with Crippen LogP contribution in [0.1, 0.15) is 38.3 Å². The second kappa shape index (κ2) is 10.4. The van der Waals surface area contributed by atoms with Crippen molar-refractivity contribution >= 4 is 17.3 Å². The molecule has 1 aliphatic carbocycles. The lowest BCUT2D eigenvalue weighted by atomic mass is 9.90. The summed E-state index contributed by atoms with van der Waals surface area (Å²) in [4.78, 5) is 14.7. The van der Waals surface area contributed by atoms with Crippen molar-refractivity contribution in [2.75, 3.05) is 11.9 Å². The van der Waals surface area contributed by atoms with E-state index < -0.39 is 0 Å². The van der Waals surface area contributed by atoms with Crippen LogP contribution in [0.4, 0.5) is 5.69 Å². The van der Waals surface area contributed by atoms with Gasteiger partial charge in [-0.2, -0.15) is 5.26 Å². The lowest BCUT2D eigenvalue weighted by molar-refractivity contribution is -0.116. The van der Waals surface area contributed by atoms with E-state index in [2.05, 4.69) is 35.4 Å². The molecule has 4 rings (SSSR count). The Labute approximate surface area is 202 Å². The molecule has 1 N–H and O–H groups in total. The maximum absolute atomic E-state index is 12.4. The average Bonchev–Trinajstić information content (AvgIpc) is 3.16. The number of nitrogens with one attached hydrogen (secondary N) is 1. The number of nitrogens with zero attached hydrogens (tertiary/aromatic N) is 2. The van der Waals surface area contributed by atoms with Gasteiger partial charge in [-0.25, -0.2) is 0 Å². The molecular weight excluding hydrogens is 422 g/mol. The minimum Gasteiger partial charge on any atom is -0.491 e. The highest BCUT2D eigenvalue weighted by Gasteiger charge is 2.40. The van der Waals surface area contributed by atoms with Gasteiger partial charge in [0.15, 0.2) is 0 Å². The highest BCUT2D eigenvalue weighted by Crippen LogP contribution is 2.43. The number of benzene rings is 2. The number of likely N-dealkylation sites (N-methyl/N-ethyl adjacent to an activating group) is 1. The average molecular weight is 454 g/mol. The number of carbonyl (C=O) groups excluding carboxylic acids is 1. The summed E-state index contributed by atoms with van der Waals surface area (Å²) in [5.74, 6) is 0.849. The van der Waals surface area contributed by atoms with Gasteiger partial charge in [-0.15, -0.1) is 0 Å². The molecule has 2 atom stereocenters. The van der Waals surface area contributed by atoms with Gasteiger partial charge in [0.25, 0.3) is 0 Å². The van der Waals surface area contributed by atoms with Crippen LogP contribution in [0, 0.1) is 17.2 Å². The number of anilines is 1. The van der Waals surface area contributed by atoms with Crippen LogP contribution in [0.3, 0.4) is 0 Å². The van der Waals surface area contributed by atoms with Crippen molar-refractivity contribution in [3.05, 3.63) is 95.3 Å². The van der Waals surface area contributed by atoms with Gasteiger partial charge >= 0.3 is 0 Å². The third kappa shape index (κ3) is 5.07. The molecule has 0 fully saturated rings. The van der Waals surface area contributed by atoms with E-state index in [0.717, 1.165) is 40.4 Å². The van der Waals surface area contributed by atoms with E-state index >= 15 is 0 Å². The van der Waals surface area contributed by atoms with Crippen molar-refractivity contribution in [2.24, 2.45) is 5.92 Å². The summed E-state index contributed by atoms with van der Waals surface area (Å²) < 4.78 is 5.91. The first kappa shape index (κ1) is 23.4. The van der Waals surface area contributed by atoms with Crippen LogP contribution in [0.15, 0.2) is 84.2 Å². The molecule has 2 aliphatic rings. The molecule has 0 aromatic heterocycles. The molecule has 1 amide bonds. The molecule has 0 spiro atoms. The summed E-state index contributed by atoms with van der Waals surface area (Å²) in [6.45, 7) is 6.91. The number of fused-ring (bicyclic) bond motifs is 1. The minimum atomic E-state index is -0.0106. The molecule has 1 aliphatic heterocycles. The molecule has 2 aromatic carbocycles. The van der Waals surface area contributed by atoms with Crippen LogP contribution < -0.4 is 5.32 Å². The number of aryl methyl sites for hydroxylation is 1. The largest absolute Gasteiger partial charge is 0.491 e. The quantitative estimate of drug-likeness (QED) is 0.557. The fourth-order valence-corrected chi connectivity index (χ4v) is 4.66. The molecule has 5 heteroatoms. The maximum atomic E-state index is 12.4. The fourth-order valence-electron chi connectivity index (χ4n) is 4.66. The lowest BCUT2D eigenvalue weighted by Gasteiger charge is -2.31. The van der Waals surface area contributed by atoms with Crippen LogP contribution in [0.2, 0.25) is 0 Å². The number of hydrogen-bond acceptors (Lipinski definition) is 4. The molecule has 5 nitrogen and oxygen atoms in total. The normalized spacial score (nSPS) is 19.0. The van der Waals surface area contributed by atoms with Gasteiger partial charge in [0, 0.05) is 24.6 Å². The molecule has 0 radical (unpaired) electrons. The number of ether oxygens (including phenoxy) is 1. The SMILES string of the molecule is CCN1C(c2ccc(NC(=O)CCc3ccccc3)cc2)=C(C#N)C2C=CC(OC(C)C)=CC21. The number of allylic oxidation sites excluding steroid dienone is 1. The van der Waals surface area contributed by atoms with E-state index in [1.54, 1.807) is 0 Å². The number of carbonyl (C=O) groups is 1. The summed E-state index contributed by atoms with van der Waals surface area (Å²) in [6, 6.07) is 20.3. The van der Waals surface area contributed by atoms with Gasteiger partial charge in [0.2, 0.25) is 5.91 Å². The van der Waals surface area contributed by atoms with Crippen molar-refractivity contribution in [1.82, 2.24) is 4.90 Å². The van der Waals surface area contributed by atoms with Crippen LogP contribution in [0.5, 0.6) is 0 Å². The number of amides is 1. The standard InChI is InChI=1S/C29H31N3O2/c1-4-32-27-18-24(34-20(2)3)15-16-25(27)26(19-30)29(32)22-11-13-23(14-12-22)31-28(33)17-10-21-8-6-5-7-9-21/h5-9,11-16,18,20,25,27H,4,10,17H2,1-3H3,(H,31,33). The Bertz CT molecular complexity index is 1150. The van der Waals surface area contributed by atoms with Crippen molar-refractivity contribution in [3.8, 4) is 6.07 Å². The van der Waals surface area contributed by atoms with E-state index in [9.17, 15) is 10.1 Å². The molecule has 2 unspecified atom stereocenters. The molecule has 0 bridgehead atoms. The first-order chi connectivity index (χ1) is 16.5. The number of rotatable bonds is 8. The lowest BCUT2D eigenvalue weighted by Crippen LogP contribution is -2.33. The Morgan fingerprint density at radius 3 is 2.53 bits per heavy atom. The highest BCUT2D eigenvalue weighted by atomic mass is 16.5. The smallest absolute Gasteiger partial charge is 0.224 e. The van der Waals surface area contributed by atoms with Crippen molar-refractivity contribution < 1.29 is 9.53 Å². The monoisotopic (exact) mass is 453 g/mol. The van der Waals surface area contributed by atoms with E-state index in [0.29, 0.717) is 12.8 Å². The number of nitriles is 1. The summed E-state index contributed by atoms with van der Waals surface area (Å²) in [5.41, 5.74) is 4.60. The van der Waals surface area contributed by atoms with Crippen LogP contribution in [-0.2, 0) is 16.0 Å². The van der Waals surface area contributed by atoms with Crippen LogP contribution in [0.25, 0.3) is 5.70 Å². The Kier molecular flexibility index (Phi) is 7.18. The molecule has 34 heavy (non-hydrogen) atoms. The highest BCUT2D eigenvalue weighted by molar-refractivity contribution is 5.91. The van der Waals surface area contributed by atoms with Crippen molar-refractivity contribution in [2.45, 2.75) is 45.8 Å². The second-order valence-corrected chi connectivity index (χ2v) is 8.88. The van der Waals surface area contributed by atoms with Crippen molar-refractivity contribution in [3.63, 3.8) is 0 Å². The predicted molar refractivity (Wildman–Crippen MR) is 135 cm³/mol. The van der Waals surface area contributed by atoms with Gasteiger partial charge in [-0.3, -0.25) is 4.79 Å². The zero-order chi connectivity index (χ0) is 24.1. The molecule has 0 saturated heterocycles. The minimum absolute atomic E-state index is 0.0106. The first-order valence-electron chi connectivity index (χ1n) is 11.9. The topological polar surface area (TPSA) is 65.4 Å². The Hall–Kier alpha value is -3.78. The molecule has 0 saturated carbocycles. The molecular formula is C29H31N3O2. The van der Waals surface area contributed by atoms with E-state index in [4.69, 9.17) is 4.74 Å². The van der Waals surface area contributed by atoms with Crippen molar-refractivity contribution in [1.29, 1.82) is 5.26 Å². The zero-order valence-electron chi connectivity index (χ0n) is 20.0. The summed E-state index contributed by atoms with van der Waals surface area (Å²) in [7, 11) is 0. The van der Waals surface area contributed by atoms with E-state index in [-0.39, 0.29) is 24.0 Å². The van der Waals surface area contributed by atoms with Crippen LogP contribution in [-0.4, -0.2) is 29.5 Å². The van der Waals surface area contributed by atoms with E-state index in [1.165, 1.54) is 0 Å². The van der Waals surface area contributed by atoms with Gasteiger partial charge < -0.3 is 15.0 Å². The Morgan fingerprint density at radius 1 is 1.15 bits per heavy atom. The predicted octanol–water partition coefficient (Wildman–Crippen LogP) is 5.69. The van der Waals surface area contributed by atoms with Gasteiger partial charge in [-0.1, -0.05) is 48.5 Å². The summed E-state index contributed by atoms with van der Waals surface area (Å²) >= 11 is 0.